The minimum absolute atomic E-state index is 0. The number of benzene rings is 2. The van der Waals surface area contributed by atoms with E-state index in [-0.39, 0.29) is 42.3 Å². The lowest BCUT2D eigenvalue weighted by Gasteiger charge is -2.40. The van der Waals surface area contributed by atoms with E-state index < -0.39 is 0 Å². The average Bonchev–Trinajstić information content (AvgIpc) is 2.71. The van der Waals surface area contributed by atoms with Crippen molar-refractivity contribution in [2.75, 3.05) is 7.05 Å². The number of esters is 1. The second-order valence-electron chi connectivity index (χ2n) is 7.64. The van der Waals surface area contributed by atoms with Crippen molar-refractivity contribution in [2.24, 2.45) is 0 Å². The Hall–Kier alpha value is -2.17. The van der Waals surface area contributed by atoms with Gasteiger partial charge in [0.25, 0.3) is 0 Å². The number of hydrogen-bond donors (Lipinski definition) is 0. The Morgan fingerprint density at radius 3 is 2.21 bits per heavy atom. The molecule has 1 fully saturated rings. The summed E-state index contributed by atoms with van der Waals surface area (Å²) in [5, 5.41) is 0. The number of ether oxygens (including phenoxy) is 1. The van der Waals surface area contributed by atoms with Gasteiger partial charge in [0, 0.05) is 37.4 Å². The molecule has 2 aromatic rings. The molecule has 29 heavy (non-hydrogen) atoms. The lowest BCUT2D eigenvalue weighted by Crippen LogP contribution is -2.45. The van der Waals surface area contributed by atoms with E-state index in [4.69, 9.17) is 4.74 Å². The maximum Gasteiger partial charge on any atom is 0.303 e. The molecule has 0 amide bonds. The van der Waals surface area contributed by atoms with Crippen molar-refractivity contribution in [1.29, 1.82) is 0 Å². The Kier molecular flexibility index (Phi) is 8.87. The van der Waals surface area contributed by atoms with Crippen LogP contribution in [0.1, 0.15) is 61.1 Å². The van der Waals surface area contributed by atoms with Crippen LogP contribution in [0.3, 0.4) is 0 Å². The van der Waals surface area contributed by atoms with Crippen molar-refractivity contribution in [3.63, 3.8) is 0 Å². The van der Waals surface area contributed by atoms with Crippen LogP contribution in [0.5, 0.6) is 0 Å². The Morgan fingerprint density at radius 2 is 1.59 bits per heavy atom. The Labute approximate surface area is 179 Å². The highest BCUT2D eigenvalue weighted by molar-refractivity contribution is 5.96. The molecule has 4 nitrogen and oxygen atoms in total. The third-order valence-corrected chi connectivity index (χ3v) is 5.71. The van der Waals surface area contributed by atoms with E-state index in [1.54, 1.807) is 0 Å². The maximum atomic E-state index is 12.7. The topological polar surface area (TPSA) is 46.6 Å². The van der Waals surface area contributed by atoms with Crippen molar-refractivity contribution in [3.8, 4) is 0 Å². The zero-order chi connectivity index (χ0) is 19.9. The van der Waals surface area contributed by atoms with Gasteiger partial charge in [0.15, 0.2) is 5.78 Å². The van der Waals surface area contributed by atoms with E-state index in [1.165, 1.54) is 6.92 Å². The largest absolute Gasteiger partial charge is 0.458 e. The van der Waals surface area contributed by atoms with Crippen LogP contribution in [0.15, 0.2) is 60.7 Å². The first-order chi connectivity index (χ1) is 13.5. The molecule has 1 aliphatic heterocycles. The lowest BCUT2D eigenvalue weighted by atomic mass is 9.88. The van der Waals surface area contributed by atoms with E-state index in [1.807, 2.05) is 60.7 Å². The molecule has 0 aromatic heterocycles. The molecule has 3 unspecified atom stereocenters. The van der Waals surface area contributed by atoms with Crippen molar-refractivity contribution in [2.45, 2.75) is 57.2 Å². The van der Waals surface area contributed by atoms with Crippen LogP contribution >= 0.6 is 12.4 Å². The van der Waals surface area contributed by atoms with Crippen molar-refractivity contribution in [1.82, 2.24) is 4.90 Å². The molecule has 0 spiro atoms. The van der Waals surface area contributed by atoms with E-state index in [0.717, 1.165) is 36.8 Å². The van der Waals surface area contributed by atoms with Gasteiger partial charge < -0.3 is 4.74 Å². The summed E-state index contributed by atoms with van der Waals surface area (Å²) >= 11 is 0. The molecule has 1 saturated heterocycles. The predicted molar refractivity (Wildman–Crippen MR) is 117 cm³/mol. The molecule has 2 aromatic carbocycles. The number of nitrogens with zero attached hydrogens (tertiary/aromatic N) is 1. The van der Waals surface area contributed by atoms with Crippen LogP contribution in [0.25, 0.3) is 0 Å². The first-order valence-corrected chi connectivity index (χ1v) is 10.1. The fourth-order valence-corrected chi connectivity index (χ4v) is 4.15. The molecule has 0 N–H and O–H groups in total. The van der Waals surface area contributed by atoms with Gasteiger partial charge in [0.05, 0.1) is 0 Å². The fourth-order valence-electron chi connectivity index (χ4n) is 4.15. The third kappa shape index (κ3) is 6.41. The number of rotatable bonds is 7. The predicted octanol–water partition coefficient (Wildman–Crippen LogP) is 5.23. The quantitative estimate of drug-likeness (QED) is 0.459. The zero-order valence-corrected chi connectivity index (χ0v) is 17.9. The maximum absolute atomic E-state index is 12.7. The summed E-state index contributed by atoms with van der Waals surface area (Å²) in [5.41, 5.74) is 1.80. The lowest BCUT2D eigenvalue weighted by molar-refractivity contribution is -0.148. The van der Waals surface area contributed by atoms with Crippen LogP contribution in [0, 0.1) is 0 Å². The van der Waals surface area contributed by atoms with Gasteiger partial charge in [-0.2, -0.15) is 0 Å². The van der Waals surface area contributed by atoms with Gasteiger partial charge in [-0.05, 0) is 25.5 Å². The molecule has 0 aliphatic carbocycles. The number of carbonyl (C=O) groups is 2. The monoisotopic (exact) mass is 415 g/mol. The number of hydrogen-bond acceptors (Lipinski definition) is 4. The van der Waals surface area contributed by atoms with Gasteiger partial charge in [-0.25, -0.2) is 0 Å². The van der Waals surface area contributed by atoms with E-state index >= 15 is 0 Å². The number of carbonyl (C=O) groups excluding carboxylic acids is 2. The first-order valence-electron chi connectivity index (χ1n) is 10.1. The second kappa shape index (κ2) is 11.1. The number of halogens is 1. The average molecular weight is 416 g/mol. The molecule has 0 radical (unpaired) electrons. The summed E-state index contributed by atoms with van der Waals surface area (Å²) in [6.07, 6.45) is 4.18. The summed E-state index contributed by atoms with van der Waals surface area (Å²) < 4.78 is 5.64. The van der Waals surface area contributed by atoms with Gasteiger partial charge in [-0.1, -0.05) is 67.1 Å². The minimum Gasteiger partial charge on any atom is -0.458 e. The van der Waals surface area contributed by atoms with Gasteiger partial charge in [0.1, 0.15) is 6.10 Å². The zero-order valence-electron chi connectivity index (χ0n) is 17.1. The van der Waals surface area contributed by atoms with Crippen LogP contribution in [0.2, 0.25) is 0 Å². The van der Waals surface area contributed by atoms with E-state index in [2.05, 4.69) is 11.9 Å². The van der Waals surface area contributed by atoms with Gasteiger partial charge in [0.2, 0.25) is 0 Å². The SMILES string of the molecule is CC(=O)OC(CC1CCCC(CC(=O)c2ccccc2)N1C)c1ccccc1.Cl. The highest BCUT2D eigenvalue weighted by Crippen LogP contribution is 2.32. The standard InChI is InChI=1S/C24H29NO3.ClH/c1-18(26)28-24(20-12-7-4-8-13-20)17-22-15-9-14-21(25(22)2)16-23(27)19-10-5-3-6-11-19;/h3-8,10-13,21-22,24H,9,14-17H2,1-2H3;1H. The molecule has 0 saturated carbocycles. The van der Waals surface area contributed by atoms with Gasteiger partial charge in [-0.15, -0.1) is 12.4 Å². The smallest absolute Gasteiger partial charge is 0.303 e. The van der Waals surface area contributed by atoms with E-state index in [0.29, 0.717) is 6.42 Å². The molecular formula is C24H30ClNO3. The Bertz CT molecular complexity index is 781. The van der Waals surface area contributed by atoms with Crippen LogP contribution < -0.4 is 0 Å². The third-order valence-electron chi connectivity index (χ3n) is 5.71. The molecule has 1 heterocycles. The van der Waals surface area contributed by atoms with Crippen LogP contribution in [-0.4, -0.2) is 35.8 Å². The Morgan fingerprint density at radius 1 is 1.00 bits per heavy atom. The highest BCUT2D eigenvalue weighted by Gasteiger charge is 2.32. The summed E-state index contributed by atoms with van der Waals surface area (Å²) in [4.78, 5) is 26.6. The van der Waals surface area contributed by atoms with Crippen molar-refractivity contribution < 1.29 is 14.3 Å². The number of piperidine rings is 1. The number of Topliss-reactive ketones (excluding diaryl/α,β-unsaturated/α-hetero) is 1. The molecule has 3 rings (SSSR count). The molecular weight excluding hydrogens is 386 g/mol. The molecule has 1 aliphatic rings. The fraction of sp³-hybridized carbons (Fsp3) is 0.417. The van der Waals surface area contributed by atoms with Crippen molar-refractivity contribution >= 4 is 24.2 Å². The normalized spacial score (nSPS) is 20.3. The first kappa shape index (κ1) is 23.1. The molecule has 3 atom stereocenters. The van der Waals surface area contributed by atoms with Crippen molar-refractivity contribution in [3.05, 3.63) is 71.8 Å². The minimum atomic E-state index is -0.261. The highest BCUT2D eigenvalue weighted by atomic mass is 35.5. The number of likely N-dealkylation sites (tertiary alicyclic amines) is 1. The Balaban J connectivity index is 0.00000300. The molecule has 156 valence electrons. The molecule has 0 bridgehead atoms. The summed E-state index contributed by atoms with van der Waals surface area (Å²) in [6.45, 7) is 1.46. The van der Waals surface area contributed by atoms with E-state index in [9.17, 15) is 9.59 Å². The summed E-state index contributed by atoms with van der Waals surface area (Å²) in [6, 6.07) is 19.9. The second-order valence-corrected chi connectivity index (χ2v) is 7.64. The van der Waals surface area contributed by atoms with Crippen LogP contribution in [-0.2, 0) is 9.53 Å². The molecule has 5 heteroatoms. The van der Waals surface area contributed by atoms with Gasteiger partial charge in [-0.3, -0.25) is 14.5 Å². The summed E-state index contributed by atoms with van der Waals surface area (Å²) in [5.74, 6) is -0.0687. The van der Waals surface area contributed by atoms with Gasteiger partial charge >= 0.3 is 5.97 Å². The van der Waals surface area contributed by atoms with Crippen LogP contribution in [0.4, 0.5) is 0 Å². The summed E-state index contributed by atoms with van der Waals surface area (Å²) in [7, 11) is 2.10. The number of ketones is 1.